The highest BCUT2D eigenvalue weighted by molar-refractivity contribution is 9.10. The topological polar surface area (TPSA) is 38.9 Å². The van der Waals surface area contributed by atoms with Crippen LogP contribution >= 0.6 is 15.9 Å². The lowest BCUT2D eigenvalue weighted by Gasteiger charge is -2.55. The first-order valence-electron chi connectivity index (χ1n) is 8.30. The fourth-order valence-corrected chi connectivity index (χ4v) is 5.78. The van der Waals surface area contributed by atoms with Crippen molar-refractivity contribution in [1.82, 2.24) is 10.2 Å². The Kier molecular flexibility index (Phi) is 2.82. The molecule has 22 heavy (non-hydrogen) atoms. The Hall–Kier alpha value is -1.16. The van der Waals surface area contributed by atoms with E-state index >= 15 is 0 Å². The van der Waals surface area contributed by atoms with Crippen LogP contribution in [0.1, 0.15) is 44.4 Å². The van der Waals surface area contributed by atoms with Gasteiger partial charge in [0.1, 0.15) is 0 Å². The van der Waals surface area contributed by atoms with Crippen molar-refractivity contribution in [2.45, 2.75) is 43.9 Å². The maximum absolute atomic E-state index is 6.16. The van der Waals surface area contributed by atoms with Crippen molar-refractivity contribution in [1.29, 1.82) is 0 Å². The summed E-state index contributed by atoms with van der Waals surface area (Å²) in [5.74, 6) is 4.26. The number of nitrogens with zero attached hydrogens (tertiary/aromatic N) is 2. The second kappa shape index (κ2) is 4.67. The number of halogens is 1. The van der Waals surface area contributed by atoms with Gasteiger partial charge in [-0.3, -0.25) is 0 Å². The highest BCUT2D eigenvalue weighted by atomic mass is 79.9. The SMILES string of the molecule is Brc1ccc(-c2nnc(C34CC5CC(CC(C5)C3)C4)o2)cc1. The standard InChI is InChI=1S/C18H19BrN2O/c19-15-3-1-14(2-4-15)16-20-21-17(22-16)18-8-11-5-12(9-18)7-13(6-11)10-18/h1-4,11-13H,5-10H2. The summed E-state index contributed by atoms with van der Waals surface area (Å²) in [4.78, 5) is 0. The minimum atomic E-state index is 0.190. The normalized spacial score (nSPS) is 36.0. The lowest BCUT2D eigenvalue weighted by Crippen LogP contribution is -2.48. The molecule has 4 bridgehead atoms. The van der Waals surface area contributed by atoms with Crippen LogP contribution in [0.15, 0.2) is 33.2 Å². The van der Waals surface area contributed by atoms with Gasteiger partial charge in [0.15, 0.2) is 0 Å². The summed E-state index contributed by atoms with van der Waals surface area (Å²) >= 11 is 3.46. The van der Waals surface area contributed by atoms with Crippen molar-refractivity contribution in [2.75, 3.05) is 0 Å². The summed E-state index contributed by atoms with van der Waals surface area (Å²) in [6, 6.07) is 8.09. The summed E-state index contributed by atoms with van der Waals surface area (Å²) in [5, 5.41) is 8.82. The average Bonchev–Trinajstić information content (AvgIpc) is 2.97. The van der Waals surface area contributed by atoms with E-state index in [1.165, 1.54) is 38.5 Å². The number of hydrogen-bond donors (Lipinski definition) is 0. The van der Waals surface area contributed by atoms with Gasteiger partial charge in [-0.1, -0.05) is 15.9 Å². The molecule has 114 valence electrons. The van der Waals surface area contributed by atoms with Gasteiger partial charge in [0.2, 0.25) is 11.8 Å². The summed E-state index contributed by atoms with van der Waals surface area (Å²) in [5.41, 5.74) is 1.20. The van der Waals surface area contributed by atoms with E-state index < -0.39 is 0 Å². The average molecular weight is 359 g/mol. The molecule has 4 heteroatoms. The van der Waals surface area contributed by atoms with Gasteiger partial charge in [-0.05, 0) is 80.5 Å². The lowest BCUT2D eigenvalue weighted by molar-refractivity contribution is -0.0176. The Labute approximate surface area is 138 Å². The van der Waals surface area contributed by atoms with Gasteiger partial charge in [0, 0.05) is 15.5 Å². The fraction of sp³-hybridized carbons (Fsp3) is 0.556. The van der Waals surface area contributed by atoms with Crippen molar-refractivity contribution >= 4 is 15.9 Å². The molecule has 4 fully saturated rings. The predicted octanol–water partition coefficient (Wildman–Crippen LogP) is 4.97. The monoisotopic (exact) mass is 358 g/mol. The van der Waals surface area contributed by atoms with E-state index in [2.05, 4.69) is 26.1 Å². The molecule has 0 saturated heterocycles. The molecule has 1 aromatic heterocycles. The molecule has 4 saturated carbocycles. The maximum atomic E-state index is 6.16. The van der Waals surface area contributed by atoms with Crippen LogP contribution in [-0.4, -0.2) is 10.2 Å². The van der Waals surface area contributed by atoms with Gasteiger partial charge >= 0.3 is 0 Å². The molecule has 0 spiro atoms. The largest absolute Gasteiger partial charge is 0.420 e. The van der Waals surface area contributed by atoms with E-state index in [1.54, 1.807) is 0 Å². The molecule has 0 atom stereocenters. The first kappa shape index (κ1) is 13.3. The second-order valence-corrected chi connectivity index (χ2v) is 8.53. The molecular formula is C18H19BrN2O. The zero-order chi connectivity index (χ0) is 14.7. The molecule has 6 rings (SSSR count). The summed E-state index contributed by atoms with van der Waals surface area (Å²) in [7, 11) is 0. The van der Waals surface area contributed by atoms with Crippen LogP contribution in [0.4, 0.5) is 0 Å². The molecule has 0 unspecified atom stereocenters. The Morgan fingerprint density at radius 1 is 0.909 bits per heavy atom. The minimum absolute atomic E-state index is 0.190. The van der Waals surface area contributed by atoms with Gasteiger partial charge in [-0.15, -0.1) is 10.2 Å². The number of hydrogen-bond acceptors (Lipinski definition) is 3. The minimum Gasteiger partial charge on any atom is -0.420 e. The molecule has 1 aromatic carbocycles. The fourth-order valence-electron chi connectivity index (χ4n) is 5.52. The quantitative estimate of drug-likeness (QED) is 0.760. The molecule has 0 amide bonds. The van der Waals surface area contributed by atoms with Crippen LogP contribution in [0.3, 0.4) is 0 Å². The predicted molar refractivity (Wildman–Crippen MR) is 87.3 cm³/mol. The van der Waals surface area contributed by atoms with Crippen molar-refractivity contribution < 1.29 is 4.42 Å². The van der Waals surface area contributed by atoms with Crippen LogP contribution in [0.5, 0.6) is 0 Å². The van der Waals surface area contributed by atoms with E-state index in [-0.39, 0.29) is 5.41 Å². The zero-order valence-corrected chi connectivity index (χ0v) is 14.1. The maximum Gasteiger partial charge on any atom is 0.247 e. The molecule has 2 aromatic rings. The van der Waals surface area contributed by atoms with Crippen molar-refractivity contribution in [2.24, 2.45) is 17.8 Å². The molecule has 3 nitrogen and oxygen atoms in total. The molecule has 0 N–H and O–H groups in total. The van der Waals surface area contributed by atoms with Gasteiger partial charge in [-0.25, -0.2) is 0 Å². The molecule has 1 heterocycles. The Morgan fingerprint density at radius 3 is 2.09 bits per heavy atom. The molecule has 0 aliphatic heterocycles. The number of rotatable bonds is 2. The van der Waals surface area contributed by atoms with E-state index in [1.807, 2.05) is 24.3 Å². The Morgan fingerprint density at radius 2 is 1.50 bits per heavy atom. The molecular weight excluding hydrogens is 340 g/mol. The molecule has 4 aliphatic rings. The van der Waals surface area contributed by atoms with E-state index in [9.17, 15) is 0 Å². The van der Waals surface area contributed by atoms with Crippen LogP contribution in [0, 0.1) is 17.8 Å². The third-order valence-electron chi connectivity index (χ3n) is 6.01. The first-order chi connectivity index (χ1) is 10.7. The molecule has 0 radical (unpaired) electrons. The van der Waals surface area contributed by atoms with Crippen LogP contribution in [-0.2, 0) is 5.41 Å². The highest BCUT2D eigenvalue weighted by Gasteiger charge is 2.54. The molecule has 4 aliphatic carbocycles. The Balaban J connectivity index is 1.50. The third-order valence-corrected chi connectivity index (χ3v) is 6.54. The lowest BCUT2D eigenvalue weighted by atomic mass is 9.49. The van der Waals surface area contributed by atoms with E-state index in [0.717, 1.165) is 33.7 Å². The van der Waals surface area contributed by atoms with E-state index in [0.29, 0.717) is 5.89 Å². The Bertz CT molecular complexity index is 671. The third kappa shape index (κ3) is 1.99. The smallest absolute Gasteiger partial charge is 0.247 e. The van der Waals surface area contributed by atoms with E-state index in [4.69, 9.17) is 4.42 Å². The van der Waals surface area contributed by atoms with Gasteiger partial charge in [-0.2, -0.15) is 0 Å². The summed E-state index contributed by atoms with van der Waals surface area (Å²) in [6.07, 6.45) is 8.11. The zero-order valence-electron chi connectivity index (χ0n) is 12.5. The number of aromatic nitrogens is 2. The first-order valence-corrected chi connectivity index (χ1v) is 9.09. The van der Waals surface area contributed by atoms with Gasteiger partial charge in [0.25, 0.3) is 0 Å². The van der Waals surface area contributed by atoms with Crippen molar-refractivity contribution in [3.8, 4) is 11.5 Å². The van der Waals surface area contributed by atoms with Crippen molar-refractivity contribution in [3.63, 3.8) is 0 Å². The van der Waals surface area contributed by atoms with Crippen LogP contribution < -0.4 is 0 Å². The van der Waals surface area contributed by atoms with Crippen molar-refractivity contribution in [3.05, 3.63) is 34.6 Å². The van der Waals surface area contributed by atoms with Gasteiger partial charge in [0.05, 0.1) is 0 Å². The van der Waals surface area contributed by atoms with Gasteiger partial charge < -0.3 is 4.42 Å². The second-order valence-electron chi connectivity index (χ2n) is 7.62. The number of benzene rings is 1. The van der Waals surface area contributed by atoms with Crippen LogP contribution in [0.25, 0.3) is 11.5 Å². The van der Waals surface area contributed by atoms with Crippen LogP contribution in [0.2, 0.25) is 0 Å². The summed E-state index contributed by atoms with van der Waals surface area (Å²) < 4.78 is 7.22. The highest BCUT2D eigenvalue weighted by Crippen LogP contribution is 2.60. The summed E-state index contributed by atoms with van der Waals surface area (Å²) in [6.45, 7) is 0.